The highest BCUT2D eigenvalue weighted by Crippen LogP contribution is 2.17. The van der Waals surface area contributed by atoms with Gasteiger partial charge in [-0.3, -0.25) is 19.3 Å². The van der Waals surface area contributed by atoms with Crippen molar-refractivity contribution in [1.82, 2.24) is 10.2 Å². The minimum Gasteiger partial charge on any atom is -0.329 e. The Morgan fingerprint density at radius 1 is 1.12 bits per heavy atom. The number of hydrogen-bond acceptors (Lipinski definition) is 4. The molecule has 0 aromatic heterocycles. The van der Waals surface area contributed by atoms with Crippen molar-refractivity contribution in [2.45, 2.75) is 13.5 Å². The van der Waals surface area contributed by atoms with E-state index in [0.29, 0.717) is 22.4 Å². The van der Waals surface area contributed by atoms with Crippen molar-refractivity contribution in [3.63, 3.8) is 0 Å². The number of imide groups is 1. The van der Waals surface area contributed by atoms with Crippen molar-refractivity contribution in [3.8, 4) is 0 Å². The Bertz CT molecular complexity index is 891. The Hall–Kier alpha value is -3.48. The van der Waals surface area contributed by atoms with Crippen LogP contribution in [0.2, 0.25) is 0 Å². The maximum Gasteiger partial charge on any atom is 0.324 e. The van der Waals surface area contributed by atoms with E-state index >= 15 is 0 Å². The molecule has 1 heterocycles. The summed E-state index contributed by atoms with van der Waals surface area (Å²) in [4.78, 5) is 48.7. The van der Waals surface area contributed by atoms with Gasteiger partial charge in [-0.2, -0.15) is 0 Å². The van der Waals surface area contributed by atoms with Gasteiger partial charge in [0.2, 0.25) is 5.91 Å². The molecule has 1 saturated heterocycles. The first kappa shape index (κ1) is 17.3. The van der Waals surface area contributed by atoms with Crippen molar-refractivity contribution in [1.29, 1.82) is 0 Å². The van der Waals surface area contributed by atoms with Crippen LogP contribution in [-0.4, -0.2) is 35.1 Å². The van der Waals surface area contributed by atoms with E-state index < -0.39 is 6.03 Å². The molecule has 132 valence electrons. The number of nitrogens with one attached hydrogen (secondary N) is 2. The number of carbonyl (C=O) groups is 4. The van der Waals surface area contributed by atoms with E-state index in [1.54, 1.807) is 48.5 Å². The molecule has 1 aliphatic rings. The van der Waals surface area contributed by atoms with Crippen LogP contribution >= 0.6 is 0 Å². The highest BCUT2D eigenvalue weighted by atomic mass is 16.2. The lowest BCUT2D eigenvalue weighted by atomic mass is 10.1. The van der Waals surface area contributed by atoms with Gasteiger partial charge in [-0.05, 0) is 30.7 Å². The fourth-order valence-electron chi connectivity index (χ4n) is 2.68. The molecule has 26 heavy (non-hydrogen) atoms. The summed E-state index contributed by atoms with van der Waals surface area (Å²) in [6.45, 7) is 1.43. The van der Waals surface area contributed by atoms with Crippen molar-refractivity contribution >= 4 is 29.3 Å². The monoisotopic (exact) mass is 351 g/mol. The number of ketones is 1. The number of benzene rings is 2. The summed E-state index contributed by atoms with van der Waals surface area (Å²) < 4.78 is 0. The summed E-state index contributed by atoms with van der Waals surface area (Å²) in [6.07, 6.45) is 0. The van der Waals surface area contributed by atoms with E-state index in [4.69, 9.17) is 0 Å². The van der Waals surface area contributed by atoms with Crippen LogP contribution in [0.15, 0.2) is 48.5 Å². The van der Waals surface area contributed by atoms with Gasteiger partial charge in [-0.1, -0.05) is 30.3 Å². The van der Waals surface area contributed by atoms with Crippen molar-refractivity contribution in [3.05, 3.63) is 65.2 Å². The minimum atomic E-state index is -0.473. The molecule has 4 amide bonds. The Morgan fingerprint density at radius 2 is 1.88 bits per heavy atom. The first-order valence-corrected chi connectivity index (χ1v) is 8.04. The first-order chi connectivity index (χ1) is 12.5. The second kappa shape index (κ2) is 7.18. The van der Waals surface area contributed by atoms with Gasteiger partial charge in [0.15, 0.2) is 5.78 Å². The van der Waals surface area contributed by atoms with Crippen LogP contribution in [-0.2, 0) is 11.3 Å². The van der Waals surface area contributed by atoms with Crippen LogP contribution in [0.5, 0.6) is 0 Å². The van der Waals surface area contributed by atoms with Gasteiger partial charge in [-0.25, -0.2) is 4.79 Å². The molecule has 0 aliphatic carbocycles. The zero-order chi connectivity index (χ0) is 18.7. The molecule has 7 heteroatoms. The number of carbonyl (C=O) groups excluding carboxylic acids is 4. The third kappa shape index (κ3) is 3.61. The average Bonchev–Trinajstić information content (AvgIpc) is 2.94. The Morgan fingerprint density at radius 3 is 2.58 bits per heavy atom. The largest absolute Gasteiger partial charge is 0.329 e. The van der Waals surface area contributed by atoms with Gasteiger partial charge in [0.1, 0.15) is 0 Å². The minimum absolute atomic E-state index is 0.0156. The lowest BCUT2D eigenvalue weighted by molar-refractivity contribution is -0.125. The summed E-state index contributed by atoms with van der Waals surface area (Å²) in [5, 5.41) is 5.20. The molecule has 2 aromatic carbocycles. The SMILES string of the molecule is CC(=O)c1cccc(NC(=O)c2ccccc2CN2C(=O)CNC2=O)c1. The van der Waals surface area contributed by atoms with Crippen LogP contribution in [0.25, 0.3) is 0 Å². The van der Waals surface area contributed by atoms with Crippen molar-refractivity contribution in [2.75, 3.05) is 11.9 Å². The summed E-state index contributed by atoms with van der Waals surface area (Å²) >= 11 is 0. The fourth-order valence-corrected chi connectivity index (χ4v) is 2.68. The molecule has 1 fully saturated rings. The topological polar surface area (TPSA) is 95.6 Å². The number of urea groups is 1. The molecule has 0 saturated carbocycles. The number of amides is 4. The molecule has 7 nitrogen and oxygen atoms in total. The number of Topliss-reactive ketones (excluding diaryl/α,β-unsaturated/α-hetero) is 1. The van der Waals surface area contributed by atoms with E-state index in [1.807, 2.05) is 0 Å². The lowest BCUT2D eigenvalue weighted by Gasteiger charge is -2.15. The van der Waals surface area contributed by atoms with Gasteiger partial charge < -0.3 is 10.6 Å². The Balaban J connectivity index is 1.82. The maximum atomic E-state index is 12.7. The van der Waals surface area contributed by atoms with Crippen molar-refractivity contribution < 1.29 is 19.2 Å². The number of hydrogen-bond donors (Lipinski definition) is 2. The smallest absolute Gasteiger partial charge is 0.324 e. The summed E-state index contributed by atoms with van der Waals surface area (Å²) in [5.41, 5.74) is 1.90. The van der Waals surface area contributed by atoms with Gasteiger partial charge in [0, 0.05) is 16.8 Å². The standard InChI is InChI=1S/C19H17N3O4/c1-12(23)13-6-4-7-15(9-13)21-18(25)16-8-3-2-5-14(16)11-22-17(24)10-20-19(22)26/h2-9H,10-11H2,1H3,(H,20,26)(H,21,25). The summed E-state index contributed by atoms with van der Waals surface area (Å²) in [7, 11) is 0. The van der Waals surface area contributed by atoms with Gasteiger partial charge >= 0.3 is 6.03 Å². The molecule has 0 radical (unpaired) electrons. The van der Waals surface area contributed by atoms with Crippen molar-refractivity contribution in [2.24, 2.45) is 0 Å². The highest BCUT2D eigenvalue weighted by molar-refractivity contribution is 6.06. The quantitative estimate of drug-likeness (QED) is 0.638. The number of rotatable bonds is 5. The molecule has 2 aromatic rings. The fraction of sp³-hybridized carbons (Fsp3) is 0.158. The average molecular weight is 351 g/mol. The van der Waals surface area contributed by atoms with Crippen LogP contribution in [0.4, 0.5) is 10.5 Å². The molecule has 0 atom stereocenters. The van der Waals surface area contributed by atoms with E-state index in [2.05, 4.69) is 10.6 Å². The van der Waals surface area contributed by atoms with Gasteiger partial charge in [0.05, 0.1) is 13.1 Å². The van der Waals surface area contributed by atoms with Gasteiger partial charge in [0.25, 0.3) is 5.91 Å². The molecule has 3 rings (SSSR count). The zero-order valence-corrected chi connectivity index (χ0v) is 14.1. The highest BCUT2D eigenvalue weighted by Gasteiger charge is 2.29. The molecular weight excluding hydrogens is 334 g/mol. The summed E-state index contributed by atoms with van der Waals surface area (Å²) in [6, 6.07) is 12.9. The van der Waals surface area contributed by atoms with Gasteiger partial charge in [-0.15, -0.1) is 0 Å². The molecular formula is C19H17N3O4. The zero-order valence-electron chi connectivity index (χ0n) is 14.1. The predicted molar refractivity (Wildman–Crippen MR) is 94.8 cm³/mol. The van der Waals surface area contributed by atoms with E-state index in [1.165, 1.54) is 6.92 Å². The second-order valence-electron chi connectivity index (χ2n) is 5.89. The molecule has 0 bridgehead atoms. The molecule has 1 aliphatic heterocycles. The molecule has 2 N–H and O–H groups in total. The number of anilines is 1. The number of nitrogens with zero attached hydrogens (tertiary/aromatic N) is 1. The predicted octanol–water partition coefficient (Wildman–Crippen LogP) is 2.19. The van der Waals surface area contributed by atoms with Crippen LogP contribution < -0.4 is 10.6 Å². The van der Waals surface area contributed by atoms with E-state index in [0.717, 1.165) is 4.90 Å². The van der Waals surface area contributed by atoms with Crippen LogP contribution in [0.1, 0.15) is 33.2 Å². The lowest BCUT2D eigenvalue weighted by Crippen LogP contribution is -2.31. The Kier molecular flexibility index (Phi) is 4.79. The van der Waals surface area contributed by atoms with E-state index in [9.17, 15) is 19.2 Å². The third-order valence-electron chi connectivity index (χ3n) is 4.05. The summed E-state index contributed by atoms with van der Waals surface area (Å²) in [5.74, 6) is -0.812. The Labute approximate surface area is 150 Å². The first-order valence-electron chi connectivity index (χ1n) is 8.04. The second-order valence-corrected chi connectivity index (χ2v) is 5.89. The third-order valence-corrected chi connectivity index (χ3v) is 4.05. The maximum absolute atomic E-state index is 12.7. The normalized spacial score (nSPS) is 13.5. The van der Waals surface area contributed by atoms with E-state index in [-0.39, 0.29) is 30.7 Å². The molecule has 0 unspecified atom stereocenters. The van der Waals surface area contributed by atoms with Crippen LogP contribution in [0.3, 0.4) is 0 Å². The molecule has 0 spiro atoms. The van der Waals surface area contributed by atoms with Crippen LogP contribution in [0, 0.1) is 0 Å².